The van der Waals surface area contributed by atoms with Gasteiger partial charge in [0.1, 0.15) is 0 Å². The fourth-order valence-electron chi connectivity index (χ4n) is 1.78. The summed E-state index contributed by atoms with van der Waals surface area (Å²) < 4.78 is 23.3. The molecule has 14 heavy (non-hydrogen) atoms. The quantitative estimate of drug-likeness (QED) is 0.786. The molecule has 0 aliphatic carbocycles. The van der Waals surface area contributed by atoms with E-state index in [0.29, 0.717) is 5.75 Å². The zero-order chi connectivity index (χ0) is 10.2. The molecule has 0 saturated carbocycles. The molecule has 1 aliphatic rings. The Balaban J connectivity index is 2.24. The van der Waals surface area contributed by atoms with E-state index in [1.165, 1.54) is 0 Å². The first-order chi connectivity index (χ1) is 6.61. The average molecular weight is 295 g/mol. The van der Waals surface area contributed by atoms with Crippen LogP contribution in [0.15, 0.2) is 17.5 Å². The predicted octanol–water partition coefficient (Wildman–Crippen LogP) is 2.76. The molecule has 0 aromatic carbocycles. The number of rotatable bonds is 2. The smallest absolute Gasteiger partial charge is 0.154 e. The van der Waals surface area contributed by atoms with E-state index >= 15 is 0 Å². The van der Waals surface area contributed by atoms with Gasteiger partial charge in [0.15, 0.2) is 9.84 Å². The number of sulfone groups is 1. The predicted molar refractivity (Wildman–Crippen MR) is 62.8 cm³/mol. The first kappa shape index (κ1) is 10.6. The van der Waals surface area contributed by atoms with Gasteiger partial charge in [0.05, 0.1) is 15.8 Å². The van der Waals surface area contributed by atoms with Gasteiger partial charge in [-0.3, -0.25) is 0 Å². The van der Waals surface area contributed by atoms with Crippen LogP contribution < -0.4 is 0 Å². The van der Waals surface area contributed by atoms with Crippen LogP contribution in [-0.4, -0.2) is 19.4 Å². The van der Waals surface area contributed by atoms with Crippen molar-refractivity contribution in [1.29, 1.82) is 0 Å². The molecule has 2 nitrogen and oxygen atoms in total. The van der Waals surface area contributed by atoms with E-state index in [2.05, 4.69) is 15.9 Å². The third kappa shape index (κ3) is 1.90. The summed E-state index contributed by atoms with van der Waals surface area (Å²) in [5.41, 5.74) is 0. The van der Waals surface area contributed by atoms with E-state index in [4.69, 9.17) is 0 Å². The highest BCUT2D eigenvalue weighted by Gasteiger charge is 2.37. The molecule has 1 aliphatic heterocycles. The van der Waals surface area contributed by atoms with Crippen LogP contribution in [0.1, 0.15) is 22.5 Å². The Bertz CT molecular complexity index is 396. The highest BCUT2D eigenvalue weighted by molar-refractivity contribution is 9.09. The monoisotopic (exact) mass is 294 g/mol. The molecule has 1 aromatic rings. The molecule has 0 N–H and O–H groups in total. The first-order valence-electron chi connectivity index (χ1n) is 4.50. The molecule has 2 atom stereocenters. The van der Waals surface area contributed by atoms with Crippen LogP contribution in [0.3, 0.4) is 0 Å². The van der Waals surface area contributed by atoms with Gasteiger partial charge in [-0.05, 0) is 24.3 Å². The zero-order valence-corrected chi connectivity index (χ0v) is 10.7. The Labute approximate surface area is 96.4 Å². The number of alkyl halides is 1. The molecular formula is C9H11BrO2S2. The van der Waals surface area contributed by atoms with Crippen LogP contribution in [0, 0.1) is 0 Å². The molecule has 1 fully saturated rings. The molecule has 0 spiro atoms. The van der Waals surface area contributed by atoms with Crippen LogP contribution in [0.2, 0.25) is 0 Å². The normalized spacial score (nSPS) is 27.6. The van der Waals surface area contributed by atoms with Crippen molar-refractivity contribution in [2.75, 3.05) is 5.75 Å². The molecule has 2 unspecified atom stereocenters. The van der Waals surface area contributed by atoms with Crippen molar-refractivity contribution >= 4 is 37.1 Å². The van der Waals surface area contributed by atoms with Gasteiger partial charge in [-0.2, -0.15) is 0 Å². The van der Waals surface area contributed by atoms with Crippen molar-refractivity contribution in [2.45, 2.75) is 22.9 Å². The Morgan fingerprint density at radius 1 is 1.57 bits per heavy atom. The van der Waals surface area contributed by atoms with E-state index < -0.39 is 9.84 Å². The lowest BCUT2D eigenvalue weighted by Crippen LogP contribution is -2.20. The van der Waals surface area contributed by atoms with Gasteiger partial charge in [0.2, 0.25) is 0 Å². The first-order valence-corrected chi connectivity index (χ1v) is 8.01. The molecule has 0 bridgehead atoms. The van der Waals surface area contributed by atoms with Crippen molar-refractivity contribution in [3.05, 3.63) is 22.4 Å². The summed E-state index contributed by atoms with van der Waals surface area (Å²) in [6, 6.07) is 3.94. The van der Waals surface area contributed by atoms with Crippen LogP contribution >= 0.6 is 27.3 Å². The molecule has 5 heteroatoms. The minimum atomic E-state index is -2.85. The van der Waals surface area contributed by atoms with Gasteiger partial charge in [0.25, 0.3) is 0 Å². The lowest BCUT2D eigenvalue weighted by molar-refractivity contribution is 0.588. The second kappa shape index (κ2) is 3.94. The lowest BCUT2D eigenvalue weighted by atomic mass is 10.2. The van der Waals surface area contributed by atoms with Gasteiger partial charge in [-0.25, -0.2) is 8.42 Å². The Hall–Kier alpha value is 0.130. The van der Waals surface area contributed by atoms with Gasteiger partial charge >= 0.3 is 0 Å². The Kier molecular flexibility index (Phi) is 3.00. The number of hydrogen-bond donors (Lipinski definition) is 0. The topological polar surface area (TPSA) is 34.1 Å². The van der Waals surface area contributed by atoms with Crippen molar-refractivity contribution < 1.29 is 8.42 Å². The van der Waals surface area contributed by atoms with Gasteiger partial charge in [0, 0.05) is 4.88 Å². The van der Waals surface area contributed by atoms with E-state index in [1.54, 1.807) is 11.3 Å². The van der Waals surface area contributed by atoms with Crippen molar-refractivity contribution in [1.82, 2.24) is 0 Å². The molecule has 2 heterocycles. The Morgan fingerprint density at radius 2 is 2.36 bits per heavy atom. The maximum atomic E-state index is 11.7. The second-order valence-corrected chi connectivity index (χ2v) is 7.77. The minimum absolute atomic E-state index is 0.0185. The number of halogens is 1. The highest BCUT2D eigenvalue weighted by Crippen LogP contribution is 2.39. The molecular weight excluding hydrogens is 284 g/mol. The van der Waals surface area contributed by atoms with Crippen molar-refractivity contribution in [2.24, 2.45) is 0 Å². The molecule has 78 valence electrons. The largest absolute Gasteiger partial charge is 0.228 e. The summed E-state index contributed by atoms with van der Waals surface area (Å²) in [7, 11) is -2.85. The molecule has 0 amide bonds. The summed E-state index contributed by atoms with van der Waals surface area (Å²) in [5, 5.41) is 1.76. The summed E-state index contributed by atoms with van der Waals surface area (Å²) in [4.78, 5) is 1.09. The van der Waals surface area contributed by atoms with Crippen molar-refractivity contribution in [3.63, 3.8) is 0 Å². The molecule has 0 radical (unpaired) electrons. The van der Waals surface area contributed by atoms with Gasteiger partial charge < -0.3 is 0 Å². The fourth-order valence-corrected chi connectivity index (χ4v) is 6.26. The second-order valence-electron chi connectivity index (χ2n) is 3.46. The SMILES string of the molecule is O=S1(=O)CCCC1C(Br)c1cccs1. The average Bonchev–Trinajstić information content (AvgIpc) is 2.71. The van der Waals surface area contributed by atoms with E-state index in [0.717, 1.165) is 17.7 Å². The van der Waals surface area contributed by atoms with E-state index in [9.17, 15) is 8.42 Å². The summed E-state index contributed by atoms with van der Waals surface area (Å²) >= 11 is 5.11. The molecule has 1 saturated heterocycles. The lowest BCUT2D eigenvalue weighted by Gasteiger charge is -2.14. The van der Waals surface area contributed by atoms with Gasteiger partial charge in [-0.1, -0.05) is 22.0 Å². The van der Waals surface area contributed by atoms with Crippen LogP contribution in [0.5, 0.6) is 0 Å². The molecule has 2 rings (SSSR count). The maximum absolute atomic E-state index is 11.7. The number of hydrogen-bond acceptors (Lipinski definition) is 3. The van der Waals surface area contributed by atoms with Crippen LogP contribution in [-0.2, 0) is 9.84 Å². The van der Waals surface area contributed by atoms with Crippen LogP contribution in [0.25, 0.3) is 0 Å². The maximum Gasteiger partial charge on any atom is 0.154 e. The highest BCUT2D eigenvalue weighted by atomic mass is 79.9. The minimum Gasteiger partial charge on any atom is -0.228 e. The zero-order valence-electron chi connectivity index (χ0n) is 7.52. The van der Waals surface area contributed by atoms with Crippen molar-refractivity contribution in [3.8, 4) is 0 Å². The fraction of sp³-hybridized carbons (Fsp3) is 0.556. The Morgan fingerprint density at radius 3 is 2.86 bits per heavy atom. The number of thiophene rings is 1. The third-order valence-electron chi connectivity index (χ3n) is 2.52. The standard InChI is InChI=1S/C9H11BrO2S2/c10-9(7-3-1-5-13-7)8-4-2-6-14(8,11)12/h1,3,5,8-9H,2,4,6H2. The summed E-state index contributed by atoms with van der Waals surface area (Å²) in [6.07, 6.45) is 1.59. The van der Waals surface area contributed by atoms with E-state index in [1.807, 2.05) is 17.5 Å². The van der Waals surface area contributed by atoms with E-state index in [-0.39, 0.29) is 10.1 Å². The van der Waals surface area contributed by atoms with Crippen LogP contribution in [0.4, 0.5) is 0 Å². The molecule has 1 aromatic heterocycles. The van der Waals surface area contributed by atoms with Gasteiger partial charge in [-0.15, -0.1) is 11.3 Å². The summed E-state index contributed by atoms with van der Waals surface area (Å²) in [6.45, 7) is 0. The summed E-state index contributed by atoms with van der Waals surface area (Å²) in [5.74, 6) is 0.352. The third-order valence-corrected chi connectivity index (χ3v) is 7.55.